The first-order valence-electron chi connectivity index (χ1n) is 21.6. The summed E-state index contributed by atoms with van der Waals surface area (Å²) in [7, 11) is 1.68. The summed E-state index contributed by atoms with van der Waals surface area (Å²) in [6.45, 7) is 22.0. The summed E-state index contributed by atoms with van der Waals surface area (Å²) in [4.78, 5) is 55.5. The van der Waals surface area contributed by atoms with Gasteiger partial charge in [0.25, 0.3) is 5.91 Å². The van der Waals surface area contributed by atoms with Crippen LogP contribution in [0.4, 0.5) is 24.1 Å². The first-order chi connectivity index (χ1) is 29.4. The number of nitriles is 1. The molecule has 4 heterocycles. The van der Waals surface area contributed by atoms with Crippen LogP contribution in [0, 0.1) is 46.8 Å². The molecular formula is C46H66BrF2N7O7. The van der Waals surface area contributed by atoms with E-state index in [1.165, 1.54) is 24.3 Å². The molecule has 4 aliphatic heterocycles. The minimum absolute atomic E-state index is 0.00747. The molecule has 14 nitrogen and oxygen atoms in total. The van der Waals surface area contributed by atoms with Gasteiger partial charge in [0.15, 0.2) is 12.0 Å². The molecule has 2 aromatic carbocycles. The molecule has 2 aromatic rings. The maximum atomic E-state index is 14.5. The van der Waals surface area contributed by atoms with Crippen molar-refractivity contribution in [2.75, 3.05) is 64.4 Å². The van der Waals surface area contributed by atoms with Gasteiger partial charge in [-0.1, -0.05) is 36.7 Å². The molecule has 0 aromatic heterocycles. The number of amides is 3. The summed E-state index contributed by atoms with van der Waals surface area (Å²) in [6, 6.07) is 9.09. The Morgan fingerprint density at radius 2 is 1.40 bits per heavy atom. The van der Waals surface area contributed by atoms with Gasteiger partial charge in [-0.3, -0.25) is 9.59 Å². The van der Waals surface area contributed by atoms with E-state index >= 15 is 0 Å². The predicted octanol–water partition coefficient (Wildman–Crippen LogP) is 7.45. The number of ketones is 1. The lowest BCUT2D eigenvalue weighted by Crippen LogP contribution is -2.40. The van der Waals surface area contributed by atoms with Crippen molar-refractivity contribution in [3.63, 3.8) is 0 Å². The average molecular weight is 947 g/mol. The van der Waals surface area contributed by atoms with Crippen molar-refractivity contribution >= 4 is 45.5 Å². The molecule has 7 atom stereocenters. The number of halogens is 3. The Bertz CT molecular complexity index is 1960. The van der Waals surface area contributed by atoms with Crippen molar-refractivity contribution < 1.29 is 42.2 Å². The number of hydrogen-bond acceptors (Lipinski definition) is 11. The molecule has 0 aliphatic carbocycles. The van der Waals surface area contributed by atoms with Crippen molar-refractivity contribution in [2.24, 2.45) is 29.4 Å². The van der Waals surface area contributed by atoms with Crippen LogP contribution in [0.2, 0.25) is 0 Å². The molecule has 0 unspecified atom stereocenters. The van der Waals surface area contributed by atoms with Gasteiger partial charge in [0, 0.05) is 82.1 Å². The normalized spacial score (nSPS) is 24.5. The third-order valence-electron chi connectivity index (χ3n) is 11.5. The van der Waals surface area contributed by atoms with Gasteiger partial charge in [0.1, 0.15) is 22.8 Å². The fraction of sp³-hybridized carbons (Fsp3) is 0.630. The van der Waals surface area contributed by atoms with E-state index < -0.39 is 28.7 Å². The van der Waals surface area contributed by atoms with Crippen LogP contribution in [-0.4, -0.2) is 127 Å². The molecule has 4 fully saturated rings. The highest BCUT2D eigenvalue weighted by Gasteiger charge is 2.37. The summed E-state index contributed by atoms with van der Waals surface area (Å²) >= 11 is 3.18. The zero-order valence-corrected chi connectivity index (χ0v) is 40.0. The Hall–Kier alpha value is -4.53. The van der Waals surface area contributed by atoms with E-state index in [1.807, 2.05) is 55.4 Å². The number of nitrogens with one attached hydrogen (secondary N) is 1. The summed E-state index contributed by atoms with van der Waals surface area (Å²) in [6.07, 6.45) is 2.77. The molecule has 4 aliphatic rings. The van der Waals surface area contributed by atoms with Gasteiger partial charge in [0.05, 0.1) is 23.3 Å². The van der Waals surface area contributed by atoms with Gasteiger partial charge in [-0.05, 0) is 108 Å². The Morgan fingerprint density at radius 3 is 1.90 bits per heavy atom. The van der Waals surface area contributed by atoms with E-state index in [-0.39, 0.29) is 71.5 Å². The standard InChI is InChI=1S/C18H23BrFNO3.C18H23FN4O2.C10H20N2O2/c1-11-9-21(17(23)24-18(2,3)4)10-12(11)7-16(22)14-6-5-13(19)8-15(14)20;1-12-8-22(11-20)10-17(12)21-18(24)15-4-3-13(7-16(15)19)23-6-5-14(9-23)25-2;1-7-5-12(6-8(7)11)9(13)14-10(2,3)4/h5-6,8,11-12H,7,9-10H2,1-4H3;3-4,7,12,14,17H,5-6,8-10H2,1-2H3,(H,21,24);7-8H,5-6,11H2,1-4H3/t11-,12-;12-,14+,17-;7-,8-/m000/s1. The highest BCUT2D eigenvalue weighted by molar-refractivity contribution is 9.10. The van der Waals surface area contributed by atoms with Crippen molar-refractivity contribution in [2.45, 2.75) is 105 Å². The molecule has 3 amide bonds. The number of nitrogens with zero attached hydrogens (tertiary/aromatic N) is 5. The lowest BCUT2D eigenvalue weighted by molar-refractivity contribution is 0.0275. The van der Waals surface area contributed by atoms with Crippen LogP contribution in [-0.2, 0) is 14.2 Å². The number of hydrogen-bond donors (Lipinski definition) is 2. The van der Waals surface area contributed by atoms with Crippen molar-refractivity contribution in [1.82, 2.24) is 20.0 Å². The first-order valence-corrected chi connectivity index (χ1v) is 22.4. The Balaban J connectivity index is 0.000000216. The first kappa shape index (κ1) is 51.1. The summed E-state index contributed by atoms with van der Waals surface area (Å²) < 4.78 is 44.9. The summed E-state index contributed by atoms with van der Waals surface area (Å²) in [5.41, 5.74) is 5.75. The van der Waals surface area contributed by atoms with Gasteiger partial charge in [0.2, 0.25) is 0 Å². The van der Waals surface area contributed by atoms with Crippen molar-refractivity contribution in [3.05, 3.63) is 63.6 Å². The topological polar surface area (TPSA) is 171 Å². The third kappa shape index (κ3) is 15.0. The molecule has 0 saturated carbocycles. The highest BCUT2D eigenvalue weighted by Crippen LogP contribution is 2.30. The van der Waals surface area contributed by atoms with Crippen LogP contribution in [0.1, 0.15) is 95.9 Å². The van der Waals surface area contributed by atoms with Crippen LogP contribution in [0.5, 0.6) is 0 Å². The zero-order valence-electron chi connectivity index (χ0n) is 38.4. The second-order valence-electron chi connectivity index (χ2n) is 19.2. The van der Waals surface area contributed by atoms with E-state index in [0.29, 0.717) is 49.7 Å². The summed E-state index contributed by atoms with van der Waals surface area (Å²) in [5, 5.41) is 11.8. The molecular weight excluding hydrogens is 880 g/mol. The Kier molecular flexibility index (Phi) is 17.8. The minimum Gasteiger partial charge on any atom is -0.444 e. The van der Waals surface area contributed by atoms with E-state index in [4.69, 9.17) is 25.2 Å². The Labute approximate surface area is 379 Å². The SMILES string of the molecule is CO[C@@H]1CCN(c2ccc(C(=O)N[C@H]3CN(C#N)C[C@@H]3C)c(F)c2)C1.C[C@H]1CN(C(=O)OC(C)(C)C)C[C@@H]1CC(=O)c1ccc(Br)cc1F.C[C@H]1CN(C(=O)OC(C)(C)C)C[C@@H]1N. The fourth-order valence-corrected chi connectivity index (χ4v) is 8.16. The number of rotatable bonds is 7. The quantitative estimate of drug-likeness (QED) is 0.209. The van der Waals surface area contributed by atoms with Crippen molar-refractivity contribution in [3.8, 4) is 6.19 Å². The number of likely N-dealkylation sites (tertiary alicyclic amines) is 3. The fourth-order valence-electron chi connectivity index (χ4n) is 7.83. The molecule has 4 saturated heterocycles. The van der Waals surface area contributed by atoms with Gasteiger partial charge in [-0.25, -0.2) is 18.4 Å². The maximum absolute atomic E-state index is 14.5. The second-order valence-corrected chi connectivity index (χ2v) is 20.1. The summed E-state index contributed by atoms with van der Waals surface area (Å²) in [5.74, 6) is -1.03. The van der Waals surface area contributed by atoms with E-state index in [0.717, 1.165) is 25.2 Å². The lowest BCUT2D eigenvalue weighted by Gasteiger charge is -2.24. The lowest BCUT2D eigenvalue weighted by atomic mass is 9.90. The minimum atomic E-state index is -0.547. The molecule has 0 bridgehead atoms. The number of nitrogens with two attached hydrogens (primary N) is 1. The van der Waals surface area contributed by atoms with Crippen LogP contribution in [0.3, 0.4) is 0 Å². The number of methoxy groups -OCH3 is 1. The zero-order chi connectivity index (χ0) is 47.0. The monoisotopic (exact) mass is 945 g/mol. The smallest absolute Gasteiger partial charge is 0.410 e. The number of anilines is 1. The maximum Gasteiger partial charge on any atom is 0.410 e. The molecule has 17 heteroatoms. The molecule has 0 spiro atoms. The number of carbonyl (C=O) groups is 4. The van der Waals surface area contributed by atoms with Gasteiger partial charge in [-0.2, -0.15) is 5.26 Å². The van der Waals surface area contributed by atoms with E-state index in [2.05, 4.69) is 39.3 Å². The Morgan fingerprint density at radius 1 is 0.810 bits per heavy atom. The molecule has 3 N–H and O–H groups in total. The molecule has 63 heavy (non-hydrogen) atoms. The molecule has 0 radical (unpaired) electrons. The number of Topliss-reactive ketones (excluding diaryl/α,β-unsaturated/α-hetero) is 1. The van der Waals surface area contributed by atoms with Crippen LogP contribution < -0.4 is 16.0 Å². The molecule has 6 rings (SSSR count). The third-order valence-corrected chi connectivity index (χ3v) is 12.0. The number of benzene rings is 2. The van der Waals surface area contributed by atoms with Crippen LogP contribution in [0.25, 0.3) is 0 Å². The second kappa shape index (κ2) is 21.9. The average Bonchev–Trinajstić information content (AvgIpc) is 3.98. The van der Waals surface area contributed by atoms with Crippen molar-refractivity contribution in [1.29, 1.82) is 5.26 Å². The van der Waals surface area contributed by atoms with E-state index in [1.54, 1.807) is 33.9 Å². The van der Waals surface area contributed by atoms with Crippen LogP contribution in [0.15, 0.2) is 40.9 Å². The van der Waals surface area contributed by atoms with Gasteiger partial charge < -0.3 is 44.9 Å². The largest absolute Gasteiger partial charge is 0.444 e. The highest BCUT2D eigenvalue weighted by atomic mass is 79.9. The number of ether oxygens (including phenoxy) is 3. The predicted molar refractivity (Wildman–Crippen MR) is 240 cm³/mol. The van der Waals surface area contributed by atoms with E-state index in [9.17, 15) is 28.0 Å². The van der Waals surface area contributed by atoms with Crippen LogP contribution >= 0.6 is 15.9 Å². The van der Waals surface area contributed by atoms with Gasteiger partial charge >= 0.3 is 12.2 Å². The molecule has 348 valence electrons. The van der Waals surface area contributed by atoms with Gasteiger partial charge in [-0.15, -0.1) is 0 Å². The number of carbonyl (C=O) groups excluding carboxylic acids is 4.